The zero-order chi connectivity index (χ0) is 11.7. The molecule has 2 aromatic rings. The van der Waals surface area contributed by atoms with Crippen LogP contribution in [0.1, 0.15) is 16.5 Å². The summed E-state index contributed by atoms with van der Waals surface area (Å²) in [6, 6.07) is 2.33. The van der Waals surface area contributed by atoms with E-state index in [0.717, 1.165) is 17.6 Å². The Kier molecular flexibility index (Phi) is 3.27. The van der Waals surface area contributed by atoms with Crippen LogP contribution in [-0.2, 0) is 0 Å². The Balaban J connectivity index is 2.52. The van der Waals surface area contributed by atoms with Crippen molar-refractivity contribution in [3.8, 4) is 0 Å². The third-order valence-corrected chi connectivity index (χ3v) is 3.33. The van der Waals surface area contributed by atoms with E-state index < -0.39 is 23.3 Å². The van der Waals surface area contributed by atoms with Gasteiger partial charge in [0.15, 0.2) is 0 Å². The Labute approximate surface area is 102 Å². The minimum atomic E-state index is -1.39. The van der Waals surface area contributed by atoms with Gasteiger partial charge in [-0.25, -0.2) is 8.78 Å². The van der Waals surface area contributed by atoms with Crippen LogP contribution in [0.5, 0.6) is 0 Å². The summed E-state index contributed by atoms with van der Waals surface area (Å²) in [6.07, 6.45) is -0.118. The van der Waals surface area contributed by atoms with Gasteiger partial charge in [-0.05, 0) is 39.6 Å². The zero-order valence-corrected chi connectivity index (χ0v) is 10.1. The molecule has 0 aliphatic heterocycles. The lowest BCUT2D eigenvalue weighted by molar-refractivity contribution is 0.212. The molecule has 2 rings (SSSR count). The first-order valence-electron chi connectivity index (χ1n) is 4.20. The summed E-state index contributed by atoms with van der Waals surface area (Å²) in [7, 11) is 0. The second kappa shape index (κ2) is 4.52. The van der Waals surface area contributed by atoms with E-state index in [4.69, 9.17) is 0 Å². The number of halogens is 3. The van der Waals surface area contributed by atoms with Crippen LogP contribution in [0.2, 0.25) is 0 Å². The van der Waals surface area contributed by atoms with E-state index in [-0.39, 0.29) is 9.35 Å². The molecule has 84 valence electrons. The lowest BCUT2D eigenvalue weighted by Gasteiger charge is -2.11. The number of hydrogen-bond acceptors (Lipinski definition) is 4. The summed E-state index contributed by atoms with van der Waals surface area (Å²) in [5.41, 5.74) is -0.402. The number of hydrogen-bond donors (Lipinski definition) is 1. The van der Waals surface area contributed by atoms with Crippen molar-refractivity contribution in [2.45, 2.75) is 6.10 Å². The largest absolute Gasteiger partial charge is 0.382 e. The molecule has 0 fully saturated rings. The molecule has 1 atom stereocenters. The van der Waals surface area contributed by atoms with Crippen LogP contribution < -0.4 is 0 Å². The molecule has 16 heavy (non-hydrogen) atoms. The van der Waals surface area contributed by atoms with Crippen molar-refractivity contribution in [3.63, 3.8) is 0 Å². The number of rotatable bonds is 2. The van der Waals surface area contributed by atoms with Crippen LogP contribution in [-0.4, -0.2) is 14.7 Å². The molecule has 7 heteroatoms. The quantitative estimate of drug-likeness (QED) is 0.868. The van der Waals surface area contributed by atoms with Crippen LogP contribution in [0.3, 0.4) is 0 Å². The molecule has 1 unspecified atom stereocenters. The van der Waals surface area contributed by atoms with E-state index in [2.05, 4.69) is 25.5 Å². The maximum absolute atomic E-state index is 13.6. The van der Waals surface area contributed by atoms with E-state index in [1.807, 2.05) is 0 Å². The van der Waals surface area contributed by atoms with Crippen molar-refractivity contribution in [2.24, 2.45) is 0 Å². The van der Waals surface area contributed by atoms with Crippen molar-refractivity contribution in [2.75, 3.05) is 0 Å². The Morgan fingerprint density at radius 3 is 2.75 bits per heavy atom. The number of nitrogens with zero attached hydrogens (tertiary/aromatic N) is 2. The predicted molar refractivity (Wildman–Crippen MR) is 58.0 cm³/mol. The molecule has 1 N–H and O–H groups in total. The second-order valence-electron chi connectivity index (χ2n) is 2.98. The summed E-state index contributed by atoms with van der Waals surface area (Å²) in [4.78, 5) is 0.288. The highest BCUT2D eigenvalue weighted by Gasteiger charge is 2.23. The first-order valence-corrected chi connectivity index (χ1v) is 5.76. The van der Waals surface area contributed by atoms with Gasteiger partial charge in [0.05, 0.1) is 21.1 Å². The van der Waals surface area contributed by atoms with Gasteiger partial charge in [-0.15, -0.1) is 5.10 Å². The second-order valence-corrected chi connectivity index (χ2v) is 4.65. The summed E-state index contributed by atoms with van der Waals surface area (Å²) < 4.78 is 30.7. The number of aliphatic hydroxyl groups excluding tert-OH is 1. The van der Waals surface area contributed by atoms with E-state index in [0.29, 0.717) is 0 Å². The van der Waals surface area contributed by atoms with Crippen LogP contribution in [0.4, 0.5) is 8.78 Å². The zero-order valence-electron chi connectivity index (χ0n) is 7.69. The van der Waals surface area contributed by atoms with E-state index >= 15 is 0 Å². The Morgan fingerprint density at radius 1 is 1.38 bits per heavy atom. The van der Waals surface area contributed by atoms with Crippen LogP contribution in [0.25, 0.3) is 0 Å². The fourth-order valence-corrected chi connectivity index (χ4v) is 2.08. The number of aromatic nitrogens is 2. The minimum Gasteiger partial charge on any atom is -0.382 e. The van der Waals surface area contributed by atoms with E-state index in [1.54, 1.807) is 0 Å². The standard InChI is InChI=1S/C9H5BrF2N2OS/c10-4-1-2-5(11)7(8(4)12)9(15)6-3-13-14-16-6/h1-3,9,15H. The molecule has 0 saturated carbocycles. The fourth-order valence-electron chi connectivity index (χ4n) is 1.23. The van der Waals surface area contributed by atoms with Gasteiger partial charge in [0.25, 0.3) is 0 Å². The molecule has 0 amide bonds. The SMILES string of the molecule is OC(c1cnns1)c1c(F)ccc(Br)c1F. The molecular weight excluding hydrogens is 302 g/mol. The Hall–Kier alpha value is -0.920. The molecule has 0 spiro atoms. The van der Waals surface area contributed by atoms with Crippen molar-refractivity contribution in [1.82, 2.24) is 9.59 Å². The molecule has 0 aliphatic rings. The lowest BCUT2D eigenvalue weighted by Crippen LogP contribution is -2.04. The summed E-state index contributed by atoms with van der Waals surface area (Å²) in [5, 5.41) is 13.3. The van der Waals surface area contributed by atoms with Gasteiger partial charge in [-0.1, -0.05) is 4.49 Å². The molecule has 0 bridgehead atoms. The smallest absolute Gasteiger partial charge is 0.146 e. The molecule has 0 aliphatic carbocycles. The maximum atomic E-state index is 13.6. The number of benzene rings is 1. The van der Waals surface area contributed by atoms with Gasteiger partial charge in [0.1, 0.15) is 17.7 Å². The summed E-state index contributed by atoms with van der Waals surface area (Å²) in [5.74, 6) is -1.62. The first kappa shape index (κ1) is 11.6. The normalized spacial score (nSPS) is 12.8. The molecule has 0 radical (unpaired) electrons. The third-order valence-electron chi connectivity index (χ3n) is 2.00. The minimum absolute atomic E-state index is 0.0976. The monoisotopic (exact) mass is 306 g/mol. The van der Waals surface area contributed by atoms with Crippen molar-refractivity contribution < 1.29 is 13.9 Å². The highest BCUT2D eigenvalue weighted by Crippen LogP contribution is 2.31. The Morgan fingerprint density at radius 2 is 2.12 bits per heavy atom. The average molecular weight is 307 g/mol. The maximum Gasteiger partial charge on any atom is 0.146 e. The molecule has 3 nitrogen and oxygen atoms in total. The van der Waals surface area contributed by atoms with Crippen molar-refractivity contribution >= 4 is 27.5 Å². The van der Waals surface area contributed by atoms with Gasteiger partial charge in [-0.2, -0.15) is 0 Å². The third kappa shape index (κ3) is 1.98. The molecular formula is C9H5BrF2N2OS. The average Bonchev–Trinajstić information content (AvgIpc) is 2.77. The molecule has 1 aromatic carbocycles. The van der Waals surface area contributed by atoms with Gasteiger partial charge in [0, 0.05) is 0 Å². The molecule has 0 saturated heterocycles. The summed E-state index contributed by atoms with van der Waals surface area (Å²) in [6.45, 7) is 0. The van der Waals surface area contributed by atoms with Crippen LogP contribution in [0, 0.1) is 11.6 Å². The predicted octanol–water partition coefficient (Wildman–Crippen LogP) is 2.66. The van der Waals surface area contributed by atoms with E-state index in [9.17, 15) is 13.9 Å². The van der Waals surface area contributed by atoms with Crippen molar-refractivity contribution in [3.05, 3.63) is 44.9 Å². The van der Waals surface area contributed by atoms with Gasteiger partial charge in [0.2, 0.25) is 0 Å². The summed E-state index contributed by atoms with van der Waals surface area (Å²) >= 11 is 3.82. The topological polar surface area (TPSA) is 46.0 Å². The van der Waals surface area contributed by atoms with E-state index in [1.165, 1.54) is 12.3 Å². The number of aliphatic hydroxyl groups is 1. The highest BCUT2D eigenvalue weighted by molar-refractivity contribution is 9.10. The van der Waals surface area contributed by atoms with Gasteiger partial charge >= 0.3 is 0 Å². The molecule has 1 aromatic heterocycles. The van der Waals surface area contributed by atoms with Crippen molar-refractivity contribution in [1.29, 1.82) is 0 Å². The van der Waals surface area contributed by atoms with Gasteiger partial charge < -0.3 is 5.11 Å². The van der Waals surface area contributed by atoms with Gasteiger partial charge in [-0.3, -0.25) is 0 Å². The molecule has 1 heterocycles. The van der Waals surface area contributed by atoms with Crippen LogP contribution in [0.15, 0.2) is 22.8 Å². The fraction of sp³-hybridized carbons (Fsp3) is 0.111. The van der Waals surface area contributed by atoms with Crippen LogP contribution >= 0.6 is 27.5 Å². The highest BCUT2D eigenvalue weighted by atomic mass is 79.9. The Bertz CT molecular complexity index is 506. The first-order chi connectivity index (χ1) is 7.61. The lowest BCUT2D eigenvalue weighted by atomic mass is 10.1.